The number of Topliss-reactive ketones (excluding diaryl/α,β-unsaturated/α-hetero) is 1. The summed E-state index contributed by atoms with van der Waals surface area (Å²) >= 11 is 0. The van der Waals surface area contributed by atoms with Crippen molar-refractivity contribution in [2.75, 3.05) is 0 Å². The van der Waals surface area contributed by atoms with Gasteiger partial charge in [-0.15, -0.1) is 0 Å². The lowest BCUT2D eigenvalue weighted by atomic mass is 9.92. The number of carboxylic acid groups (broad SMARTS) is 1. The number of carboxylic acids is 1. The number of nitrogens with one attached hydrogen (secondary N) is 1. The van der Waals surface area contributed by atoms with Gasteiger partial charge in [-0.25, -0.2) is 9.79 Å². The van der Waals surface area contributed by atoms with Crippen molar-refractivity contribution in [3.63, 3.8) is 0 Å². The van der Waals surface area contributed by atoms with Gasteiger partial charge in [0.05, 0.1) is 17.0 Å². The van der Waals surface area contributed by atoms with Gasteiger partial charge in [0.1, 0.15) is 11.6 Å². The number of fused-ring (bicyclic) bond motifs is 1. The number of hydrogen-bond donors (Lipinski definition) is 2. The SMILES string of the molecule is C[C@H](NC(=O)c1ccc(-c2ccccc2)cc1)C(=O)N=C1C=CC2=NC=C(C(=O)O)C(=O)C2=C1. The number of carbonyl (C=O) groups is 4. The molecule has 2 aromatic carbocycles. The Bertz CT molecular complexity index is 1350. The Morgan fingerprint density at radius 1 is 0.971 bits per heavy atom. The molecule has 0 radical (unpaired) electrons. The number of hydrogen-bond acceptors (Lipinski definition) is 5. The zero-order valence-electron chi connectivity index (χ0n) is 18.1. The van der Waals surface area contributed by atoms with E-state index < -0.39 is 35.2 Å². The van der Waals surface area contributed by atoms with Crippen LogP contribution in [0.4, 0.5) is 0 Å². The number of benzene rings is 2. The summed E-state index contributed by atoms with van der Waals surface area (Å²) in [6.45, 7) is 1.51. The van der Waals surface area contributed by atoms with Crippen LogP contribution in [-0.4, -0.2) is 46.1 Å². The fraction of sp³-hybridized carbons (Fsp3) is 0.0769. The lowest BCUT2D eigenvalue weighted by Gasteiger charge is -2.15. The van der Waals surface area contributed by atoms with Crippen molar-refractivity contribution in [1.29, 1.82) is 0 Å². The van der Waals surface area contributed by atoms with Gasteiger partial charge < -0.3 is 10.4 Å². The van der Waals surface area contributed by atoms with Gasteiger partial charge in [-0.05, 0) is 48.4 Å². The van der Waals surface area contributed by atoms with E-state index in [1.807, 2.05) is 42.5 Å². The molecule has 8 heteroatoms. The van der Waals surface area contributed by atoms with Crippen LogP contribution in [0.5, 0.6) is 0 Å². The maximum Gasteiger partial charge on any atom is 0.341 e. The van der Waals surface area contributed by atoms with E-state index >= 15 is 0 Å². The number of carbonyl (C=O) groups excluding carboxylic acids is 3. The summed E-state index contributed by atoms with van der Waals surface area (Å²) in [6.07, 6.45) is 5.28. The van der Waals surface area contributed by atoms with E-state index in [4.69, 9.17) is 5.11 Å². The Labute approximate surface area is 194 Å². The molecule has 168 valence electrons. The first-order valence-electron chi connectivity index (χ1n) is 10.4. The molecule has 1 aliphatic heterocycles. The van der Waals surface area contributed by atoms with Crippen LogP contribution in [0.2, 0.25) is 0 Å². The zero-order valence-corrected chi connectivity index (χ0v) is 18.1. The predicted octanol–water partition coefficient (Wildman–Crippen LogP) is 2.93. The van der Waals surface area contributed by atoms with Gasteiger partial charge in [-0.1, -0.05) is 42.5 Å². The van der Waals surface area contributed by atoms with Crippen molar-refractivity contribution in [2.45, 2.75) is 13.0 Å². The number of ketones is 1. The molecule has 34 heavy (non-hydrogen) atoms. The first-order chi connectivity index (χ1) is 16.3. The molecule has 4 rings (SSSR count). The van der Waals surface area contributed by atoms with Crippen LogP contribution in [-0.2, 0) is 14.4 Å². The first kappa shape index (κ1) is 22.5. The van der Waals surface area contributed by atoms with Crippen LogP contribution in [0.25, 0.3) is 11.1 Å². The number of aliphatic carboxylic acids is 1. The Balaban J connectivity index is 1.43. The van der Waals surface area contributed by atoms with Crippen LogP contribution >= 0.6 is 0 Å². The highest BCUT2D eigenvalue weighted by atomic mass is 16.4. The molecular formula is C26H19N3O5. The molecule has 0 unspecified atom stereocenters. The minimum absolute atomic E-state index is 0.0455. The van der Waals surface area contributed by atoms with Gasteiger partial charge >= 0.3 is 5.97 Å². The van der Waals surface area contributed by atoms with Crippen LogP contribution in [0.1, 0.15) is 17.3 Å². The minimum atomic E-state index is -1.38. The maximum absolute atomic E-state index is 12.6. The molecule has 0 saturated carbocycles. The largest absolute Gasteiger partial charge is 0.477 e. The molecule has 2 aromatic rings. The molecular weight excluding hydrogens is 434 g/mol. The highest BCUT2D eigenvalue weighted by Gasteiger charge is 2.29. The number of allylic oxidation sites excluding steroid dienone is 4. The average molecular weight is 453 g/mol. The summed E-state index contributed by atoms with van der Waals surface area (Å²) < 4.78 is 0. The normalized spacial score (nSPS) is 16.7. The Morgan fingerprint density at radius 2 is 1.65 bits per heavy atom. The molecule has 0 spiro atoms. The van der Waals surface area contributed by atoms with E-state index in [1.54, 1.807) is 12.1 Å². The molecule has 1 aliphatic carbocycles. The number of rotatable bonds is 5. The van der Waals surface area contributed by atoms with E-state index in [2.05, 4.69) is 15.3 Å². The third-order valence-corrected chi connectivity index (χ3v) is 5.24. The Hall–Kier alpha value is -4.72. The molecule has 0 aromatic heterocycles. The Morgan fingerprint density at radius 3 is 2.32 bits per heavy atom. The number of nitrogens with zero attached hydrogens (tertiary/aromatic N) is 2. The third-order valence-electron chi connectivity index (χ3n) is 5.24. The van der Waals surface area contributed by atoms with Crippen LogP contribution < -0.4 is 5.32 Å². The third kappa shape index (κ3) is 4.71. The highest BCUT2D eigenvalue weighted by molar-refractivity contribution is 6.42. The van der Waals surface area contributed by atoms with Crippen molar-refractivity contribution in [1.82, 2.24) is 5.32 Å². The van der Waals surface area contributed by atoms with Crippen molar-refractivity contribution in [3.8, 4) is 11.1 Å². The quantitative estimate of drug-likeness (QED) is 0.532. The molecule has 0 saturated heterocycles. The molecule has 1 atom stereocenters. The van der Waals surface area contributed by atoms with E-state index in [-0.39, 0.29) is 11.3 Å². The van der Waals surface area contributed by atoms with Crippen molar-refractivity contribution in [3.05, 3.63) is 95.7 Å². The van der Waals surface area contributed by atoms with Gasteiger partial charge in [0.2, 0.25) is 5.78 Å². The monoisotopic (exact) mass is 453 g/mol. The molecule has 2 aliphatic rings. The second-order valence-corrected chi connectivity index (χ2v) is 7.60. The fourth-order valence-electron chi connectivity index (χ4n) is 3.39. The van der Waals surface area contributed by atoms with Crippen molar-refractivity contribution >= 4 is 35.0 Å². The van der Waals surface area contributed by atoms with Crippen molar-refractivity contribution in [2.24, 2.45) is 9.98 Å². The Kier molecular flexibility index (Phi) is 6.22. The number of aliphatic imine (C=N–C) groups is 2. The summed E-state index contributed by atoms with van der Waals surface area (Å²) in [5.41, 5.74) is 2.42. The summed E-state index contributed by atoms with van der Waals surface area (Å²) in [5, 5.41) is 11.7. The minimum Gasteiger partial charge on any atom is -0.477 e. The average Bonchev–Trinajstić information content (AvgIpc) is 2.85. The standard InChI is InChI=1S/C26H19N3O5/c1-15(28-25(32)18-9-7-17(8-10-18)16-5-3-2-4-6-16)24(31)29-19-11-12-22-20(13-19)23(30)21(14-27-22)26(33)34/h2-15H,1H3,(H,28,32)(H,33,34)/t15-/m0/s1. The van der Waals surface area contributed by atoms with Gasteiger partial charge in [0.15, 0.2) is 0 Å². The zero-order chi connectivity index (χ0) is 24.2. The summed E-state index contributed by atoms with van der Waals surface area (Å²) in [5.74, 6) is -3.14. The van der Waals surface area contributed by atoms with Crippen LogP contribution in [0.3, 0.4) is 0 Å². The molecule has 2 N–H and O–H groups in total. The van der Waals surface area contributed by atoms with E-state index in [0.717, 1.165) is 17.3 Å². The molecule has 0 fully saturated rings. The molecule has 8 nitrogen and oxygen atoms in total. The number of amides is 2. The second kappa shape index (κ2) is 9.41. The second-order valence-electron chi connectivity index (χ2n) is 7.60. The van der Waals surface area contributed by atoms with Crippen LogP contribution in [0.15, 0.2) is 100 Å². The van der Waals surface area contributed by atoms with Gasteiger partial charge in [0.25, 0.3) is 11.8 Å². The summed E-state index contributed by atoms with van der Waals surface area (Å²) in [7, 11) is 0. The highest BCUT2D eigenvalue weighted by Crippen LogP contribution is 2.20. The molecule has 1 heterocycles. The fourth-order valence-corrected chi connectivity index (χ4v) is 3.39. The van der Waals surface area contributed by atoms with E-state index in [9.17, 15) is 19.2 Å². The van der Waals surface area contributed by atoms with Gasteiger partial charge in [0, 0.05) is 11.8 Å². The lowest BCUT2D eigenvalue weighted by Crippen LogP contribution is -2.38. The van der Waals surface area contributed by atoms with Gasteiger partial charge in [-0.3, -0.25) is 19.4 Å². The first-order valence-corrected chi connectivity index (χ1v) is 10.4. The lowest BCUT2D eigenvalue weighted by molar-refractivity contribution is -0.134. The van der Waals surface area contributed by atoms with E-state index in [0.29, 0.717) is 11.3 Å². The summed E-state index contributed by atoms with van der Waals surface area (Å²) in [6, 6.07) is 15.8. The van der Waals surface area contributed by atoms with Crippen LogP contribution in [0, 0.1) is 0 Å². The smallest absolute Gasteiger partial charge is 0.341 e. The van der Waals surface area contributed by atoms with Gasteiger partial charge in [-0.2, -0.15) is 0 Å². The summed E-state index contributed by atoms with van der Waals surface area (Å²) in [4.78, 5) is 56.6. The van der Waals surface area contributed by atoms with E-state index in [1.165, 1.54) is 25.2 Å². The maximum atomic E-state index is 12.6. The predicted molar refractivity (Wildman–Crippen MR) is 127 cm³/mol. The molecule has 2 amide bonds. The van der Waals surface area contributed by atoms with Crippen molar-refractivity contribution < 1.29 is 24.3 Å². The topological polar surface area (TPSA) is 125 Å². The molecule has 0 bridgehead atoms.